The molecule has 294 valence electrons. The third-order valence-corrected chi connectivity index (χ3v) is 12.8. The molecule has 5 nitrogen and oxygen atoms in total. The molecule has 0 radical (unpaired) electrons. The summed E-state index contributed by atoms with van der Waals surface area (Å²) < 4.78 is 12.9. The first kappa shape index (κ1) is 35.4. The zero-order valence-electron chi connectivity index (χ0n) is 33.9. The van der Waals surface area contributed by atoms with Crippen LogP contribution in [0.15, 0.2) is 221 Å². The third-order valence-electron chi connectivity index (χ3n) is 12.8. The Bertz CT molecular complexity index is 3710. The summed E-state index contributed by atoms with van der Waals surface area (Å²) in [5, 5.41) is 4.36. The van der Waals surface area contributed by atoms with Crippen molar-refractivity contribution in [3.8, 4) is 56.4 Å². The average molecular weight is 806 g/mol. The van der Waals surface area contributed by atoms with Crippen LogP contribution in [0.5, 0.6) is 0 Å². The van der Waals surface area contributed by atoms with Gasteiger partial charge in [-0.1, -0.05) is 176 Å². The molecule has 9 aromatic carbocycles. The highest BCUT2D eigenvalue weighted by atomic mass is 16.3. The van der Waals surface area contributed by atoms with E-state index in [4.69, 9.17) is 23.8 Å². The quantitative estimate of drug-likeness (QED) is 0.167. The molecule has 1 aliphatic rings. The molecule has 0 amide bonds. The van der Waals surface area contributed by atoms with Crippen LogP contribution in [0.3, 0.4) is 0 Å². The van der Waals surface area contributed by atoms with Gasteiger partial charge in [-0.3, -0.25) is 0 Å². The van der Waals surface area contributed by atoms with Crippen molar-refractivity contribution in [3.05, 3.63) is 235 Å². The molecule has 1 aliphatic carbocycles. The molecule has 0 spiro atoms. The van der Waals surface area contributed by atoms with Crippen molar-refractivity contribution in [1.82, 2.24) is 15.0 Å². The van der Waals surface area contributed by atoms with Crippen molar-refractivity contribution in [3.63, 3.8) is 0 Å². The highest BCUT2D eigenvalue weighted by Crippen LogP contribution is 2.56. The molecule has 63 heavy (non-hydrogen) atoms. The summed E-state index contributed by atoms with van der Waals surface area (Å²) in [7, 11) is 0. The Morgan fingerprint density at radius 2 is 0.746 bits per heavy atom. The van der Waals surface area contributed by atoms with Gasteiger partial charge in [0.25, 0.3) is 0 Å². The fourth-order valence-corrected chi connectivity index (χ4v) is 9.95. The molecule has 0 bridgehead atoms. The summed E-state index contributed by atoms with van der Waals surface area (Å²) in [6.45, 7) is 0. The van der Waals surface area contributed by atoms with Gasteiger partial charge in [-0.15, -0.1) is 0 Å². The minimum absolute atomic E-state index is 0.570. The summed E-state index contributed by atoms with van der Waals surface area (Å²) in [6.07, 6.45) is 0. The van der Waals surface area contributed by atoms with Crippen LogP contribution in [0.1, 0.15) is 22.3 Å². The highest BCUT2D eigenvalue weighted by molar-refractivity contribution is 6.06. The van der Waals surface area contributed by atoms with E-state index in [1.54, 1.807) is 0 Å². The maximum Gasteiger partial charge on any atom is 0.164 e. The molecule has 3 heterocycles. The Morgan fingerprint density at radius 1 is 0.286 bits per heavy atom. The minimum Gasteiger partial charge on any atom is -0.456 e. The molecule has 0 fully saturated rings. The van der Waals surface area contributed by atoms with Crippen LogP contribution in [0, 0.1) is 0 Å². The molecule has 0 saturated carbocycles. The van der Waals surface area contributed by atoms with E-state index in [1.165, 1.54) is 22.3 Å². The number of fused-ring (bicyclic) bond motifs is 9. The molecular weight excluding hydrogens is 771 g/mol. The molecule has 0 unspecified atom stereocenters. The van der Waals surface area contributed by atoms with E-state index in [9.17, 15) is 0 Å². The summed E-state index contributed by atoms with van der Waals surface area (Å²) in [5.74, 6) is 1.75. The largest absolute Gasteiger partial charge is 0.456 e. The standard InChI is InChI=1S/C58H35N3O2/c1-2-13-36(14-3-1)38-15-12-16-39(33-38)56-59-55(60-57(61-56)40-27-31-47-45-19-6-10-23-51(45)62-53(47)34-40)37-25-28-41(29-26-37)58(49-21-8-4-17-43(49)44-18-5-9-22-50(44)58)42-30-32-48-46-20-7-11-24-52(46)63-54(48)35-42/h1-35H. The van der Waals surface area contributed by atoms with Gasteiger partial charge in [-0.2, -0.15) is 0 Å². The van der Waals surface area contributed by atoms with Crippen LogP contribution in [0.25, 0.3) is 100 Å². The zero-order chi connectivity index (χ0) is 41.5. The average Bonchev–Trinajstić information content (AvgIpc) is 4.02. The predicted octanol–water partition coefficient (Wildman–Crippen LogP) is 14.7. The van der Waals surface area contributed by atoms with Crippen LogP contribution in [-0.2, 0) is 5.41 Å². The topological polar surface area (TPSA) is 65.0 Å². The molecule has 5 heteroatoms. The Morgan fingerprint density at radius 3 is 1.41 bits per heavy atom. The molecular formula is C58H35N3O2. The van der Waals surface area contributed by atoms with Gasteiger partial charge < -0.3 is 8.83 Å². The van der Waals surface area contributed by atoms with Crippen LogP contribution in [-0.4, -0.2) is 15.0 Å². The number of benzene rings is 9. The number of hydrogen-bond acceptors (Lipinski definition) is 5. The minimum atomic E-state index is -0.617. The normalized spacial score (nSPS) is 12.9. The molecule has 0 aliphatic heterocycles. The number of furan rings is 2. The maximum absolute atomic E-state index is 6.52. The fraction of sp³-hybridized carbons (Fsp3) is 0.0172. The predicted molar refractivity (Wildman–Crippen MR) is 253 cm³/mol. The molecule has 13 rings (SSSR count). The van der Waals surface area contributed by atoms with Gasteiger partial charge >= 0.3 is 0 Å². The molecule has 0 atom stereocenters. The first-order chi connectivity index (χ1) is 31.2. The van der Waals surface area contributed by atoms with Crippen LogP contribution in [0.2, 0.25) is 0 Å². The summed E-state index contributed by atoms with van der Waals surface area (Å²) in [5.41, 5.74) is 14.8. The fourth-order valence-electron chi connectivity index (χ4n) is 9.95. The van der Waals surface area contributed by atoms with Crippen molar-refractivity contribution in [1.29, 1.82) is 0 Å². The summed E-state index contributed by atoms with van der Waals surface area (Å²) in [4.78, 5) is 15.5. The number of nitrogens with zero attached hydrogens (tertiary/aromatic N) is 3. The Hall–Kier alpha value is -8.41. The number of rotatable bonds is 6. The zero-order valence-corrected chi connectivity index (χ0v) is 33.9. The van der Waals surface area contributed by atoms with Gasteiger partial charge in [0.2, 0.25) is 0 Å². The van der Waals surface area contributed by atoms with E-state index in [-0.39, 0.29) is 0 Å². The van der Waals surface area contributed by atoms with Crippen molar-refractivity contribution >= 4 is 43.9 Å². The second-order valence-corrected chi connectivity index (χ2v) is 16.3. The summed E-state index contributed by atoms with van der Waals surface area (Å²) >= 11 is 0. The van der Waals surface area contributed by atoms with Crippen LogP contribution in [0.4, 0.5) is 0 Å². The number of hydrogen-bond donors (Lipinski definition) is 0. The Balaban J connectivity index is 0.991. The van der Waals surface area contributed by atoms with Gasteiger partial charge in [0.1, 0.15) is 22.3 Å². The van der Waals surface area contributed by atoms with Gasteiger partial charge in [0.15, 0.2) is 17.5 Å². The lowest BCUT2D eigenvalue weighted by molar-refractivity contribution is 0.665. The number of aromatic nitrogens is 3. The van der Waals surface area contributed by atoms with Crippen LogP contribution < -0.4 is 0 Å². The van der Waals surface area contributed by atoms with E-state index in [1.807, 2.05) is 42.5 Å². The van der Waals surface area contributed by atoms with Crippen LogP contribution >= 0.6 is 0 Å². The monoisotopic (exact) mass is 805 g/mol. The molecule has 3 aromatic heterocycles. The summed E-state index contributed by atoms with van der Waals surface area (Å²) in [6, 6.07) is 74.6. The van der Waals surface area contributed by atoms with Gasteiger partial charge in [-0.05, 0) is 80.9 Å². The first-order valence-electron chi connectivity index (χ1n) is 21.2. The van der Waals surface area contributed by atoms with Gasteiger partial charge in [0, 0.05) is 38.2 Å². The lowest BCUT2D eigenvalue weighted by atomic mass is 9.67. The SMILES string of the molecule is c1ccc(-c2cccc(-c3nc(-c4ccc(C5(c6ccc7c(c6)oc6ccccc67)c6ccccc6-c6ccccc65)cc4)nc(-c4ccc5c(c4)oc4ccccc45)n3)c2)cc1. The molecule has 12 aromatic rings. The smallest absolute Gasteiger partial charge is 0.164 e. The van der Waals surface area contributed by atoms with Crippen molar-refractivity contribution in [2.24, 2.45) is 0 Å². The lowest BCUT2D eigenvalue weighted by Crippen LogP contribution is -2.28. The lowest BCUT2D eigenvalue weighted by Gasteiger charge is -2.34. The number of para-hydroxylation sites is 2. The second kappa shape index (κ2) is 13.8. The van der Waals surface area contributed by atoms with E-state index in [2.05, 4.69) is 170 Å². The van der Waals surface area contributed by atoms with E-state index < -0.39 is 5.41 Å². The first-order valence-corrected chi connectivity index (χ1v) is 21.2. The van der Waals surface area contributed by atoms with E-state index in [0.29, 0.717) is 17.5 Å². The molecule has 0 saturated heterocycles. The van der Waals surface area contributed by atoms with Crippen molar-refractivity contribution < 1.29 is 8.83 Å². The second-order valence-electron chi connectivity index (χ2n) is 16.3. The van der Waals surface area contributed by atoms with Crippen molar-refractivity contribution in [2.45, 2.75) is 5.41 Å². The van der Waals surface area contributed by atoms with Gasteiger partial charge in [0.05, 0.1) is 5.41 Å². The highest BCUT2D eigenvalue weighted by Gasteiger charge is 2.46. The van der Waals surface area contributed by atoms with Crippen molar-refractivity contribution in [2.75, 3.05) is 0 Å². The maximum atomic E-state index is 6.52. The van der Waals surface area contributed by atoms with E-state index >= 15 is 0 Å². The third kappa shape index (κ3) is 5.46. The Kier molecular flexibility index (Phi) is 7.75. The molecule has 0 N–H and O–H groups in total. The van der Waals surface area contributed by atoms with E-state index in [0.717, 1.165) is 82.8 Å². The van der Waals surface area contributed by atoms with Gasteiger partial charge in [-0.25, -0.2) is 15.0 Å². The Labute approximate surface area is 362 Å².